The molecule has 0 aliphatic carbocycles. The van der Waals surface area contributed by atoms with Crippen LogP contribution in [-0.4, -0.2) is 119 Å². The molecule has 0 aromatic carbocycles. The second-order valence-corrected chi connectivity index (χ2v) is 36.7. The molecule has 2 saturated heterocycles. The van der Waals surface area contributed by atoms with Gasteiger partial charge in [0.25, 0.3) is 0 Å². The molecule has 7 atom stereocenters. The molecule has 55 heavy (non-hydrogen) atoms. The number of aliphatic hydroxyl groups excluding tert-OH is 1. The second kappa shape index (κ2) is 28.5. The number of allylic oxidation sites excluding steroid dienone is 1. The third kappa shape index (κ3) is 26.0. The van der Waals surface area contributed by atoms with Gasteiger partial charge >= 0.3 is 0 Å². The van der Waals surface area contributed by atoms with Crippen molar-refractivity contribution in [2.45, 2.75) is 217 Å². The third-order valence-corrected chi connectivity index (χ3v) is 15.8. The van der Waals surface area contributed by atoms with Gasteiger partial charge in [0.2, 0.25) is 0 Å². The van der Waals surface area contributed by atoms with Crippen molar-refractivity contribution >= 4 is 24.2 Å². The average molecular weight is 833 g/mol. The van der Waals surface area contributed by atoms with E-state index in [2.05, 4.69) is 78.0 Å². The van der Waals surface area contributed by atoms with Crippen molar-refractivity contribution < 1.29 is 43.0 Å². The van der Waals surface area contributed by atoms with Gasteiger partial charge in [-0.05, 0) is 75.9 Å². The molecular weight excluding hydrogens is 745 g/mol. The zero-order valence-electron chi connectivity index (χ0n) is 37.4. The molecule has 0 saturated carbocycles. The minimum atomic E-state index is -1.18. The molecule has 0 spiro atoms. The maximum absolute atomic E-state index is 9.29. The Morgan fingerprint density at radius 3 is 1.69 bits per heavy atom. The first-order chi connectivity index (χ1) is 26.1. The highest BCUT2D eigenvalue weighted by Gasteiger charge is 2.41. The molecule has 9 nitrogen and oxygen atoms in total. The SMILES string of the molecule is CCCCC[C@@H](CC/C=C/[C@@H](OCOCC[Si](C)(C)C)[C@H]1CC[C@H]([C@H]2CC[C@H]([C@@H](CCCCCO)OCOCC[Si](C)(C)C)O2)O1)OCOCC[Si](C)(C)C. The van der Waals surface area contributed by atoms with Crippen molar-refractivity contribution in [3.63, 3.8) is 0 Å². The number of rotatable bonds is 34. The molecule has 2 aliphatic rings. The van der Waals surface area contributed by atoms with Gasteiger partial charge < -0.3 is 43.0 Å². The zero-order valence-corrected chi connectivity index (χ0v) is 40.4. The fraction of sp³-hybridized carbons (Fsp3) is 0.953. The van der Waals surface area contributed by atoms with Crippen LogP contribution in [0.1, 0.15) is 96.8 Å². The molecule has 0 radical (unpaired) electrons. The van der Waals surface area contributed by atoms with Gasteiger partial charge in [0, 0.05) is 50.6 Å². The smallest absolute Gasteiger partial charge is 0.147 e. The van der Waals surface area contributed by atoms with E-state index in [-0.39, 0.29) is 56.1 Å². The van der Waals surface area contributed by atoms with E-state index in [1.807, 2.05) is 0 Å². The third-order valence-electron chi connectivity index (χ3n) is 10.7. The summed E-state index contributed by atoms with van der Waals surface area (Å²) in [6.45, 7) is 27.1. The Bertz CT molecular complexity index is 969. The van der Waals surface area contributed by atoms with Gasteiger partial charge in [-0.25, -0.2) is 0 Å². The van der Waals surface area contributed by atoms with Crippen LogP contribution in [0.2, 0.25) is 77.1 Å². The first-order valence-electron chi connectivity index (χ1n) is 22.3. The summed E-state index contributed by atoms with van der Waals surface area (Å²) in [6, 6.07) is 3.42. The Balaban J connectivity index is 1.97. The molecule has 2 aliphatic heterocycles. The molecule has 0 aromatic rings. The lowest BCUT2D eigenvalue weighted by Gasteiger charge is -2.27. The van der Waals surface area contributed by atoms with E-state index in [4.69, 9.17) is 37.9 Å². The van der Waals surface area contributed by atoms with Crippen LogP contribution in [0.5, 0.6) is 0 Å². The summed E-state index contributed by atoms with van der Waals surface area (Å²) in [7, 11) is -3.44. The topological polar surface area (TPSA) is 94.1 Å². The van der Waals surface area contributed by atoms with E-state index in [0.717, 1.165) is 109 Å². The summed E-state index contributed by atoms with van der Waals surface area (Å²) in [5, 5.41) is 9.29. The Hall–Kier alpha value is 0.0306. The van der Waals surface area contributed by atoms with Crippen molar-refractivity contribution in [3.05, 3.63) is 12.2 Å². The maximum Gasteiger partial charge on any atom is 0.147 e. The van der Waals surface area contributed by atoms with Gasteiger partial charge in [-0.15, -0.1) is 0 Å². The monoisotopic (exact) mass is 833 g/mol. The van der Waals surface area contributed by atoms with E-state index in [9.17, 15) is 5.11 Å². The molecule has 326 valence electrons. The number of hydrogen-bond acceptors (Lipinski definition) is 9. The van der Waals surface area contributed by atoms with Crippen molar-refractivity contribution in [2.75, 3.05) is 46.8 Å². The lowest BCUT2D eigenvalue weighted by atomic mass is 10.0. The van der Waals surface area contributed by atoms with E-state index in [1.54, 1.807) is 0 Å². The van der Waals surface area contributed by atoms with Crippen molar-refractivity contribution in [1.82, 2.24) is 0 Å². The Labute approximate surface area is 341 Å². The van der Waals surface area contributed by atoms with E-state index >= 15 is 0 Å². The van der Waals surface area contributed by atoms with Crippen molar-refractivity contribution in [3.8, 4) is 0 Å². The summed E-state index contributed by atoms with van der Waals surface area (Å²) in [5.41, 5.74) is 0. The van der Waals surface area contributed by atoms with Gasteiger partial charge in [0.15, 0.2) is 0 Å². The quantitative estimate of drug-likeness (QED) is 0.0294. The van der Waals surface area contributed by atoms with E-state index < -0.39 is 24.2 Å². The molecule has 1 N–H and O–H groups in total. The highest BCUT2D eigenvalue weighted by atomic mass is 28.3. The molecule has 0 amide bonds. The van der Waals surface area contributed by atoms with Gasteiger partial charge in [-0.3, -0.25) is 0 Å². The van der Waals surface area contributed by atoms with Crippen LogP contribution in [0.15, 0.2) is 12.2 Å². The molecule has 12 heteroatoms. The number of hydrogen-bond donors (Lipinski definition) is 1. The fourth-order valence-corrected chi connectivity index (χ4v) is 9.17. The predicted molar refractivity (Wildman–Crippen MR) is 235 cm³/mol. The highest BCUT2D eigenvalue weighted by Crippen LogP contribution is 2.35. The molecule has 2 rings (SSSR count). The number of ether oxygens (including phenoxy) is 8. The molecule has 0 bridgehead atoms. The Morgan fingerprint density at radius 1 is 0.600 bits per heavy atom. The molecule has 2 fully saturated rings. The van der Waals surface area contributed by atoms with Crippen LogP contribution >= 0.6 is 0 Å². The van der Waals surface area contributed by atoms with E-state index in [1.165, 1.54) is 19.3 Å². The minimum absolute atomic E-state index is 0.00779. The van der Waals surface area contributed by atoms with Gasteiger partial charge in [0.1, 0.15) is 26.5 Å². The van der Waals surface area contributed by atoms with Crippen LogP contribution in [-0.2, 0) is 37.9 Å². The molecular formula is C43H88O9Si3. The van der Waals surface area contributed by atoms with Gasteiger partial charge in [0.05, 0.1) is 36.6 Å². The summed E-state index contributed by atoms with van der Waals surface area (Å²) in [6.07, 6.45) is 18.7. The standard InChI is InChI=1S/C43H88O9Si3/c1-11-12-14-19-37(48-34-45-28-31-53(2,3)4)20-16-17-22-39(50-36-47-30-33-55(8,9)10)41-24-26-43(52-41)42-25-23-40(51-42)38(21-15-13-18-27-44)49-35-46-29-32-54(5,6)7/h17,22,37-44H,11-16,18-21,23-36H2,1-10H3/b22-17+/t37-,38+,39+,40+,41+,42+,43+/m0/s1. The average Bonchev–Trinajstić information content (AvgIpc) is 3.79. The minimum Gasteiger partial charge on any atom is -0.396 e. The molecule has 0 aromatic heterocycles. The number of aliphatic hydroxyl groups is 1. The van der Waals surface area contributed by atoms with Crippen molar-refractivity contribution in [2.24, 2.45) is 0 Å². The van der Waals surface area contributed by atoms with Crippen LogP contribution in [0.4, 0.5) is 0 Å². The second-order valence-electron chi connectivity index (χ2n) is 19.8. The largest absolute Gasteiger partial charge is 0.396 e. The number of unbranched alkanes of at least 4 members (excludes halogenated alkanes) is 4. The van der Waals surface area contributed by atoms with Crippen LogP contribution < -0.4 is 0 Å². The lowest BCUT2D eigenvalue weighted by molar-refractivity contribution is -0.156. The van der Waals surface area contributed by atoms with Crippen molar-refractivity contribution in [1.29, 1.82) is 0 Å². The molecule has 0 unspecified atom stereocenters. The summed E-state index contributed by atoms with van der Waals surface area (Å²) >= 11 is 0. The fourth-order valence-electron chi connectivity index (χ4n) is 6.90. The first-order valence-corrected chi connectivity index (χ1v) is 33.4. The predicted octanol–water partition coefficient (Wildman–Crippen LogP) is 10.6. The van der Waals surface area contributed by atoms with Crippen LogP contribution in [0.25, 0.3) is 0 Å². The van der Waals surface area contributed by atoms with E-state index in [0.29, 0.717) is 13.6 Å². The summed E-state index contributed by atoms with van der Waals surface area (Å²) in [5.74, 6) is 0. The normalized spacial score (nSPS) is 22.9. The van der Waals surface area contributed by atoms with Gasteiger partial charge in [-0.2, -0.15) is 0 Å². The van der Waals surface area contributed by atoms with Crippen LogP contribution in [0, 0.1) is 0 Å². The first kappa shape index (κ1) is 51.2. The molecule has 2 heterocycles. The van der Waals surface area contributed by atoms with Gasteiger partial charge in [-0.1, -0.05) is 110 Å². The zero-order chi connectivity index (χ0) is 40.6. The summed E-state index contributed by atoms with van der Waals surface area (Å²) in [4.78, 5) is 0. The lowest BCUT2D eigenvalue weighted by Crippen LogP contribution is -2.35. The highest BCUT2D eigenvalue weighted by molar-refractivity contribution is 6.76. The Morgan fingerprint density at radius 2 is 1.13 bits per heavy atom. The summed E-state index contributed by atoms with van der Waals surface area (Å²) < 4.78 is 50.3. The van der Waals surface area contributed by atoms with Crippen LogP contribution in [0.3, 0.4) is 0 Å². The Kier molecular flexibility index (Phi) is 26.5. The maximum atomic E-state index is 9.29.